The molecule has 0 aliphatic carbocycles. The summed E-state index contributed by atoms with van der Waals surface area (Å²) in [6.45, 7) is 4.43. The number of carboxylic acids is 1. The van der Waals surface area contributed by atoms with Crippen molar-refractivity contribution in [2.24, 2.45) is 0 Å². The first kappa shape index (κ1) is 15.1. The van der Waals surface area contributed by atoms with Gasteiger partial charge in [-0.2, -0.15) is 0 Å². The second-order valence-electron chi connectivity index (χ2n) is 5.10. The predicted molar refractivity (Wildman–Crippen MR) is 71.3 cm³/mol. The average Bonchev–Trinajstić information content (AvgIpc) is 2.36. The van der Waals surface area contributed by atoms with E-state index in [0.717, 1.165) is 0 Å². The number of amides is 1. The van der Waals surface area contributed by atoms with Gasteiger partial charge in [0.2, 0.25) is 0 Å². The van der Waals surface area contributed by atoms with E-state index >= 15 is 0 Å². The Labute approximate surface area is 112 Å². The molecule has 6 nitrogen and oxygen atoms in total. The summed E-state index contributed by atoms with van der Waals surface area (Å²) in [6, 6.07) is 4.34. The van der Waals surface area contributed by atoms with Gasteiger partial charge in [-0.1, -0.05) is 6.07 Å². The predicted octanol–water partition coefficient (Wildman–Crippen LogP) is 0.850. The Kier molecular flexibility index (Phi) is 4.61. The molecule has 0 aromatic carbocycles. The largest absolute Gasteiger partial charge is 0.477 e. The van der Waals surface area contributed by atoms with E-state index < -0.39 is 5.97 Å². The summed E-state index contributed by atoms with van der Waals surface area (Å²) in [5.74, 6) is -1.53. The maximum Gasteiger partial charge on any atom is 0.354 e. The van der Waals surface area contributed by atoms with Gasteiger partial charge in [0.1, 0.15) is 11.4 Å². The van der Waals surface area contributed by atoms with Gasteiger partial charge in [-0.05, 0) is 40.1 Å². The lowest BCUT2D eigenvalue weighted by Gasteiger charge is -2.32. The third-order valence-corrected chi connectivity index (χ3v) is 3.09. The molecular weight excluding hydrogens is 246 g/mol. The Balaban J connectivity index is 2.74. The summed E-state index contributed by atoms with van der Waals surface area (Å²) in [6.07, 6.45) is 0. The van der Waals surface area contributed by atoms with Crippen LogP contribution in [0.25, 0.3) is 0 Å². The summed E-state index contributed by atoms with van der Waals surface area (Å²) in [5.41, 5.74) is -0.228. The van der Waals surface area contributed by atoms with Crippen LogP contribution in [-0.4, -0.2) is 53.0 Å². The van der Waals surface area contributed by atoms with Crippen molar-refractivity contribution < 1.29 is 14.7 Å². The SMILES string of the molecule is CN(C)C(C)(C)CNC(=O)c1cccc(C(=O)O)n1. The normalized spacial score (nSPS) is 11.4. The van der Waals surface area contributed by atoms with Crippen LogP contribution in [0.5, 0.6) is 0 Å². The van der Waals surface area contributed by atoms with E-state index in [1.165, 1.54) is 18.2 Å². The van der Waals surface area contributed by atoms with Gasteiger partial charge in [0, 0.05) is 12.1 Å². The maximum atomic E-state index is 11.9. The molecule has 0 saturated heterocycles. The molecule has 1 aromatic heterocycles. The highest BCUT2D eigenvalue weighted by atomic mass is 16.4. The molecule has 0 spiro atoms. The van der Waals surface area contributed by atoms with Crippen LogP contribution < -0.4 is 5.32 Å². The number of likely N-dealkylation sites (N-methyl/N-ethyl adjacent to an activating group) is 1. The van der Waals surface area contributed by atoms with Crippen LogP contribution in [0.2, 0.25) is 0 Å². The fourth-order valence-corrected chi connectivity index (χ4v) is 1.23. The molecule has 0 aliphatic rings. The van der Waals surface area contributed by atoms with Crippen molar-refractivity contribution in [1.29, 1.82) is 0 Å². The Morgan fingerprint density at radius 1 is 1.32 bits per heavy atom. The lowest BCUT2D eigenvalue weighted by Crippen LogP contribution is -2.48. The standard InChI is InChI=1S/C13H19N3O3/c1-13(2,16(3)4)8-14-11(17)9-6-5-7-10(15-9)12(18)19/h5-7H,8H2,1-4H3,(H,14,17)(H,18,19). The molecule has 0 radical (unpaired) electrons. The quantitative estimate of drug-likeness (QED) is 0.824. The molecule has 0 unspecified atom stereocenters. The third-order valence-electron chi connectivity index (χ3n) is 3.09. The zero-order valence-electron chi connectivity index (χ0n) is 11.6. The van der Waals surface area contributed by atoms with E-state index in [1.54, 1.807) is 0 Å². The highest BCUT2D eigenvalue weighted by Gasteiger charge is 2.21. The molecule has 1 heterocycles. The molecule has 0 fully saturated rings. The minimum Gasteiger partial charge on any atom is -0.477 e. The van der Waals surface area contributed by atoms with Crippen LogP contribution in [-0.2, 0) is 0 Å². The highest BCUT2D eigenvalue weighted by Crippen LogP contribution is 2.08. The van der Waals surface area contributed by atoms with Gasteiger partial charge in [0.15, 0.2) is 0 Å². The molecule has 1 amide bonds. The van der Waals surface area contributed by atoms with E-state index in [-0.39, 0.29) is 22.8 Å². The molecule has 0 saturated carbocycles. The van der Waals surface area contributed by atoms with Gasteiger partial charge in [-0.25, -0.2) is 9.78 Å². The van der Waals surface area contributed by atoms with Crippen molar-refractivity contribution >= 4 is 11.9 Å². The molecule has 1 rings (SSSR count). The first-order chi connectivity index (χ1) is 8.74. The molecular formula is C13H19N3O3. The van der Waals surface area contributed by atoms with Crippen molar-refractivity contribution in [3.8, 4) is 0 Å². The van der Waals surface area contributed by atoms with Crippen LogP contribution in [0.15, 0.2) is 18.2 Å². The number of rotatable bonds is 5. The summed E-state index contributed by atoms with van der Waals surface area (Å²) in [7, 11) is 3.85. The minimum absolute atomic E-state index is 0.106. The molecule has 2 N–H and O–H groups in total. The first-order valence-electron chi connectivity index (χ1n) is 5.90. The van der Waals surface area contributed by atoms with E-state index in [1.807, 2.05) is 32.8 Å². The summed E-state index contributed by atoms with van der Waals surface area (Å²) in [5, 5.41) is 11.6. The molecule has 0 bridgehead atoms. The summed E-state index contributed by atoms with van der Waals surface area (Å²) < 4.78 is 0. The van der Waals surface area contributed by atoms with Crippen molar-refractivity contribution in [3.05, 3.63) is 29.6 Å². The number of aromatic nitrogens is 1. The number of nitrogens with zero attached hydrogens (tertiary/aromatic N) is 2. The number of carbonyl (C=O) groups excluding carboxylic acids is 1. The molecule has 104 valence electrons. The van der Waals surface area contributed by atoms with E-state index in [9.17, 15) is 9.59 Å². The van der Waals surface area contributed by atoms with Gasteiger partial charge in [-0.3, -0.25) is 4.79 Å². The monoisotopic (exact) mass is 265 g/mol. The third kappa shape index (κ3) is 4.03. The van der Waals surface area contributed by atoms with E-state index in [4.69, 9.17) is 5.11 Å². The smallest absolute Gasteiger partial charge is 0.354 e. The average molecular weight is 265 g/mol. The minimum atomic E-state index is -1.15. The van der Waals surface area contributed by atoms with Gasteiger partial charge < -0.3 is 15.3 Å². The fourth-order valence-electron chi connectivity index (χ4n) is 1.23. The zero-order chi connectivity index (χ0) is 14.6. The lowest BCUT2D eigenvalue weighted by molar-refractivity contribution is 0.0690. The number of pyridine rings is 1. The van der Waals surface area contributed by atoms with E-state index in [2.05, 4.69) is 10.3 Å². The van der Waals surface area contributed by atoms with Crippen LogP contribution in [0.1, 0.15) is 34.8 Å². The number of hydrogen-bond donors (Lipinski definition) is 2. The number of nitrogens with one attached hydrogen (secondary N) is 1. The van der Waals surface area contributed by atoms with Gasteiger partial charge in [0.05, 0.1) is 0 Å². The van der Waals surface area contributed by atoms with Crippen LogP contribution in [0.4, 0.5) is 0 Å². The van der Waals surface area contributed by atoms with Gasteiger partial charge in [-0.15, -0.1) is 0 Å². The second kappa shape index (κ2) is 5.79. The van der Waals surface area contributed by atoms with E-state index in [0.29, 0.717) is 6.54 Å². The number of hydrogen-bond acceptors (Lipinski definition) is 4. The molecule has 1 aromatic rings. The highest BCUT2D eigenvalue weighted by molar-refractivity contribution is 5.94. The van der Waals surface area contributed by atoms with Crippen LogP contribution >= 0.6 is 0 Å². The summed E-state index contributed by atoms with van der Waals surface area (Å²) in [4.78, 5) is 28.5. The lowest BCUT2D eigenvalue weighted by atomic mass is 10.0. The van der Waals surface area contributed by atoms with Gasteiger partial charge in [0.25, 0.3) is 5.91 Å². The Morgan fingerprint density at radius 3 is 2.42 bits per heavy atom. The van der Waals surface area contributed by atoms with Crippen LogP contribution in [0.3, 0.4) is 0 Å². The van der Waals surface area contributed by atoms with Crippen molar-refractivity contribution in [2.75, 3.05) is 20.6 Å². The number of aromatic carboxylic acids is 1. The number of carboxylic acid groups (broad SMARTS) is 1. The van der Waals surface area contributed by atoms with Crippen molar-refractivity contribution in [1.82, 2.24) is 15.2 Å². The van der Waals surface area contributed by atoms with Crippen molar-refractivity contribution in [2.45, 2.75) is 19.4 Å². The molecule has 0 atom stereocenters. The maximum absolute atomic E-state index is 11.9. The topological polar surface area (TPSA) is 82.5 Å². The van der Waals surface area contributed by atoms with Gasteiger partial charge >= 0.3 is 5.97 Å². The van der Waals surface area contributed by atoms with Crippen LogP contribution in [0, 0.1) is 0 Å². The van der Waals surface area contributed by atoms with Crippen molar-refractivity contribution in [3.63, 3.8) is 0 Å². The molecule has 19 heavy (non-hydrogen) atoms. The Hall–Kier alpha value is -1.95. The Bertz CT molecular complexity index is 484. The second-order valence-corrected chi connectivity index (χ2v) is 5.10. The first-order valence-corrected chi connectivity index (χ1v) is 5.90. The fraction of sp³-hybridized carbons (Fsp3) is 0.462. The zero-order valence-corrected chi connectivity index (χ0v) is 11.6. The molecule has 6 heteroatoms. The molecule has 0 aliphatic heterocycles. The summed E-state index contributed by atoms with van der Waals surface area (Å²) >= 11 is 0. The Morgan fingerprint density at radius 2 is 1.89 bits per heavy atom. The number of carbonyl (C=O) groups is 2.